The van der Waals surface area contributed by atoms with Crippen LogP contribution in [0.4, 0.5) is 4.39 Å². The van der Waals surface area contributed by atoms with Crippen molar-refractivity contribution in [3.63, 3.8) is 0 Å². The van der Waals surface area contributed by atoms with Gasteiger partial charge in [0, 0.05) is 28.3 Å². The fourth-order valence-electron chi connectivity index (χ4n) is 3.68. The maximum Gasteiger partial charge on any atom is 0.322 e. The molecule has 0 bridgehead atoms. The van der Waals surface area contributed by atoms with Crippen molar-refractivity contribution in [1.82, 2.24) is 30.2 Å². The Balaban J connectivity index is 1.64. The second kappa shape index (κ2) is 9.51. The number of amides is 2. The third kappa shape index (κ3) is 4.57. The van der Waals surface area contributed by atoms with Gasteiger partial charge in [0.25, 0.3) is 0 Å². The summed E-state index contributed by atoms with van der Waals surface area (Å²) in [5.74, 6) is -2.66. The molecule has 0 saturated heterocycles. The minimum atomic E-state index is -1.18. The van der Waals surface area contributed by atoms with Crippen molar-refractivity contribution < 1.29 is 23.9 Å². The Kier molecular flexibility index (Phi) is 6.50. The monoisotopic (exact) mass is 484 g/mol. The lowest BCUT2D eigenvalue weighted by molar-refractivity contribution is -0.137. The van der Waals surface area contributed by atoms with E-state index in [1.807, 2.05) is 18.4 Å². The number of halogens is 1. The Morgan fingerprint density at radius 1 is 1.06 bits per heavy atom. The molecule has 0 fully saturated rings. The molecule has 0 saturated carbocycles. The highest BCUT2D eigenvalue weighted by atomic mass is 32.2. The van der Waals surface area contributed by atoms with Gasteiger partial charge in [-0.2, -0.15) is 10.2 Å². The maximum atomic E-state index is 15.0. The maximum absolute atomic E-state index is 15.0. The molecule has 0 unspecified atom stereocenters. The number of nitrogens with zero attached hydrogens (tertiary/aromatic N) is 4. The summed E-state index contributed by atoms with van der Waals surface area (Å²) in [7, 11) is 1.79. The van der Waals surface area contributed by atoms with Crippen LogP contribution < -0.4 is 10.6 Å². The van der Waals surface area contributed by atoms with E-state index in [9.17, 15) is 14.4 Å². The summed E-state index contributed by atoms with van der Waals surface area (Å²) < 4.78 is 18.2. The highest BCUT2D eigenvalue weighted by Crippen LogP contribution is 2.36. The molecule has 0 atom stereocenters. The van der Waals surface area contributed by atoms with E-state index >= 15 is 4.39 Å². The summed E-state index contributed by atoms with van der Waals surface area (Å²) in [5.41, 5.74) is 2.48. The highest BCUT2D eigenvalue weighted by Gasteiger charge is 2.18. The van der Waals surface area contributed by atoms with Crippen molar-refractivity contribution in [2.75, 3.05) is 19.3 Å². The first-order chi connectivity index (χ1) is 16.3. The SMILES string of the molecule is CSc1ccc(-c2cc3c(cnn3C)cc2F)c2cnn(CC(=O)NCC(=O)NCC(=O)O)c12. The fraction of sp³-hybridized carbons (Fsp3) is 0.227. The Morgan fingerprint density at radius 3 is 2.56 bits per heavy atom. The van der Waals surface area contributed by atoms with E-state index in [4.69, 9.17) is 5.11 Å². The number of rotatable bonds is 8. The van der Waals surface area contributed by atoms with Gasteiger partial charge in [0.15, 0.2) is 0 Å². The van der Waals surface area contributed by atoms with E-state index in [1.165, 1.54) is 22.5 Å². The first-order valence-electron chi connectivity index (χ1n) is 10.2. The van der Waals surface area contributed by atoms with Crippen LogP contribution in [0.15, 0.2) is 41.6 Å². The quantitative estimate of drug-likeness (QED) is 0.325. The van der Waals surface area contributed by atoms with E-state index in [-0.39, 0.29) is 13.1 Å². The molecule has 4 aromatic rings. The van der Waals surface area contributed by atoms with Crippen LogP contribution in [0, 0.1) is 5.82 Å². The van der Waals surface area contributed by atoms with Gasteiger partial charge >= 0.3 is 5.97 Å². The average molecular weight is 485 g/mol. The van der Waals surface area contributed by atoms with Gasteiger partial charge in [-0.15, -0.1) is 11.8 Å². The lowest BCUT2D eigenvalue weighted by Crippen LogP contribution is -2.40. The molecule has 10 nitrogen and oxygen atoms in total. The zero-order valence-electron chi connectivity index (χ0n) is 18.3. The zero-order chi connectivity index (χ0) is 24.4. The second-order valence-electron chi connectivity index (χ2n) is 7.49. The van der Waals surface area contributed by atoms with Crippen molar-refractivity contribution in [3.8, 4) is 11.1 Å². The molecule has 0 spiro atoms. The first kappa shape index (κ1) is 23.2. The van der Waals surface area contributed by atoms with Gasteiger partial charge in [0.2, 0.25) is 11.8 Å². The van der Waals surface area contributed by atoms with E-state index in [1.54, 1.807) is 30.2 Å². The summed E-state index contributed by atoms with van der Waals surface area (Å²) >= 11 is 1.47. The molecule has 3 N–H and O–H groups in total. The molecule has 0 aliphatic rings. The molecule has 2 heterocycles. The third-order valence-corrected chi connectivity index (χ3v) is 6.06. The van der Waals surface area contributed by atoms with Crippen LogP contribution in [0.1, 0.15) is 0 Å². The minimum Gasteiger partial charge on any atom is -0.480 e. The molecule has 4 rings (SSSR count). The first-order valence-corrected chi connectivity index (χ1v) is 11.4. The molecule has 2 aromatic heterocycles. The van der Waals surface area contributed by atoms with Crippen LogP contribution in [0.3, 0.4) is 0 Å². The fourth-order valence-corrected chi connectivity index (χ4v) is 4.29. The number of carboxylic acid groups (broad SMARTS) is 1. The highest BCUT2D eigenvalue weighted by molar-refractivity contribution is 7.98. The Morgan fingerprint density at radius 2 is 1.82 bits per heavy atom. The van der Waals surface area contributed by atoms with Crippen LogP contribution >= 0.6 is 11.8 Å². The van der Waals surface area contributed by atoms with Gasteiger partial charge in [-0.25, -0.2) is 4.39 Å². The molecular weight excluding hydrogens is 463 g/mol. The molecule has 12 heteroatoms. The predicted octanol–water partition coefficient (Wildman–Crippen LogP) is 1.77. The number of aliphatic carboxylic acids is 1. The van der Waals surface area contributed by atoms with Gasteiger partial charge < -0.3 is 15.7 Å². The number of hydrogen-bond donors (Lipinski definition) is 3. The Labute approximate surface area is 197 Å². The van der Waals surface area contributed by atoms with Crippen molar-refractivity contribution in [3.05, 3.63) is 42.5 Å². The van der Waals surface area contributed by atoms with E-state index in [2.05, 4.69) is 20.8 Å². The van der Waals surface area contributed by atoms with Gasteiger partial charge in [-0.1, -0.05) is 6.07 Å². The summed E-state index contributed by atoms with van der Waals surface area (Å²) in [6, 6.07) is 6.86. The summed E-state index contributed by atoms with van der Waals surface area (Å²) in [4.78, 5) is 35.4. The van der Waals surface area contributed by atoms with E-state index in [0.29, 0.717) is 27.4 Å². The topological polar surface area (TPSA) is 131 Å². The Hall–Kier alpha value is -3.93. The normalized spacial score (nSPS) is 11.1. The number of benzene rings is 2. The summed E-state index contributed by atoms with van der Waals surface area (Å²) in [6.45, 7) is -1.06. The molecule has 0 aliphatic carbocycles. The largest absolute Gasteiger partial charge is 0.480 e. The number of carbonyl (C=O) groups excluding carboxylic acids is 2. The molecule has 0 radical (unpaired) electrons. The standard InChI is InChI=1S/C22H21FN6O4S/c1-28-17-6-14(16(23)5-12(17)7-26-28)13-3-4-18(34-2)22-15(13)8-27-29(22)11-20(31)24-9-19(30)25-10-21(32)33/h3-8H,9-11H2,1-2H3,(H,24,31)(H,25,30)(H,32,33). The second-order valence-corrected chi connectivity index (χ2v) is 8.33. The number of aryl methyl sites for hydroxylation is 1. The summed E-state index contributed by atoms with van der Waals surface area (Å²) in [5, 5.41) is 23.1. The number of nitrogens with one attached hydrogen (secondary N) is 2. The van der Waals surface area contributed by atoms with Crippen LogP contribution in [0.5, 0.6) is 0 Å². The van der Waals surface area contributed by atoms with E-state index in [0.717, 1.165) is 10.4 Å². The number of thioether (sulfide) groups is 1. The minimum absolute atomic E-state index is 0.171. The van der Waals surface area contributed by atoms with Gasteiger partial charge in [0.05, 0.1) is 30.0 Å². The number of aromatic nitrogens is 4. The lowest BCUT2D eigenvalue weighted by Gasteiger charge is -2.11. The molecule has 2 aromatic carbocycles. The van der Waals surface area contributed by atoms with Gasteiger partial charge in [-0.3, -0.25) is 23.7 Å². The summed E-state index contributed by atoms with van der Waals surface area (Å²) in [6.07, 6.45) is 5.08. The number of carboxylic acids is 1. The van der Waals surface area contributed by atoms with Crippen molar-refractivity contribution >= 4 is 51.4 Å². The zero-order valence-corrected chi connectivity index (χ0v) is 19.1. The van der Waals surface area contributed by atoms with Crippen LogP contribution in [0.2, 0.25) is 0 Å². The molecular formula is C22H21FN6O4S. The van der Waals surface area contributed by atoms with Crippen molar-refractivity contribution in [2.45, 2.75) is 11.4 Å². The van der Waals surface area contributed by atoms with Gasteiger partial charge in [0.1, 0.15) is 18.9 Å². The van der Waals surface area contributed by atoms with Crippen LogP contribution in [-0.2, 0) is 28.0 Å². The molecule has 2 amide bonds. The molecule has 176 valence electrons. The average Bonchev–Trinajstić information content (AvgIpc) is 3.39. The predicted molar refractivity (Wildman–Crippen MR) is 125 cm³/mol. The van der Waals surface area contributed by atoms with E-state index < -0.39 is 30.1 Å². The van der Waals surface area contributed by atoms with Crippen molar-refractivity contribution in [2.24, 2.45) is 7.05 Å². The third-order valence-electron chi connectivity index (χ3n) is 5.29. The lowest BCUT2D eigenvalue weighted by atomic mass is 10.00. The molecule has 34 heavy (non-hydrogen) atoms. The van der Waals surface area contributed by atoms with Crippen LogP contribution in [-0.4, -0.2) is 61.8 Å². The number of carbonyl (C=O) groups is 3. The Bertz CT molecular complexity index is 1430. The van der Waals surface area contributed by atoms with Gasteiger partial charge in [-0.05, 0) is 30.0 Å². The smallest absolute Gasteiger partial charge is 0.322 e. The molecule has 0 aliphatic heterocycles. The van der Waals surface area contributed by atoms with Crippen molar-refractivity contribution in [1.29, 1.82) is 0 Å². The number of fused-ring (bicyclic) bond motifs is 2. The number of hydrogen-bond acceptors (Lipinski definition) is 6. The van der Waals surface area contributed by atoms with Crippen LogP contribution in [0.25, 0.3) is 32.9 Å².